The molecule has 0 aliphatic carbocycles. The smallest absolute Gasteiger partial charge is 0.231 e. The van der Waals surface area contributed by atoms with E-state index < -0.39 is 0 Å². The molecule has 0 unspecified atom stereocenters. The highest BCUT2D eigenvalue weighted by molar-refractivity contribution is 5.75. The van der Waals surface area contributed by atoms with Crippen molar-refractivity contribution in [3.05, 3.63) is 0 Å². The second-order valence-corrected chi connectivity index (χ2v) is 3.14. The molecular weight excluding hydrogens is 144 g/mol. The molecule has 0 bridgehead atoms. The van der Waals surface area contributed by atoms with Crippen molar-refractivity contribution in [3.8, 4) is 0 Å². The maximum absolute atomic E-state index is 10.4. The van der Waals surface area contributed by atoms with E-state index in [1.807, 2.05) is 13.8 Å². The molecule has 0 rings (SSSR count). The molecule has 66 valence electrons. The van der Waals surface area contributed by atoms with Gasteiger partial charge in [-0.15, -0.1) is 0 Å². The number of hydrogen-bond donors (Lipinski definition) is 2. The highest BCUT2D eigenvalue weighted by Crippen LogP contribution is 2.00. The van der Waals surface area contributed by atoms with Gasteiger partial charge in [0.15, 0.2) is 0 Å². The SMILES string of the molecule is COCC(C)(C)NCC(N)=O. The molecule has 0 aromatic heterocycles. The molecule has 0 aliphatic rings. The average Bonchev–Trinajstić information content (AvgIpc) is 1.84. The highest BCUT2D eigenvalue weighted by atomic mass is 16.5. The zero-order valence-corrected chi connectivity index (χ0v) is 7.31. The lowest BCUT2D eigenvalue weighted by Crippen LogP contribution is -2.47. The fourth-order valence-electron chi connectivity index (χ4n) is 0.738. The molecule has 0 radical (unpaired) electrons. The van der Waals surface area contributed by atoms with Crippen LogP contribution in [-0.2, 0) is 9.53 Å². The minimum absolute atomic E-state index is 0.191. The summed E-state index contributed by atoms with van der Waals surface area (Å²) >= 11 is 0. The summed E-state index contributed by atoms with van der Waals surface area (Å²) in [5, 5.41) is 2.96. The summed E-state index contributed by atoms with van der Waals surface area (Å²) in [4.78, 5) is 10.4. The summed E-state index contributed by atoms with van der Waals surface area (Å²) in [6.07, 6.45) is 0. The number of nitrogens with one attached hydrogen (secondary N) is 1. The van der Waals surface area contributed by atoms with E-state index >= 15 is 0 Å². The molecule has 0 saturated carbocycles. The van der Waals surface area contributed by atoms with Gasteiger partial charge in [0.05, 0.1) is 13.2 Å². The summed E-state index contributed by atoms with van der Waals surface area (Å²) in [6.45, 7) is 4.63. The van der Waals surface area contributed by atoms with E-state index in [-0.39, 0.29) is 18.0 Å². The van der Waals surface area contributed by atoms with Gasteiger partial charge in [0, 0.05) is 12.6 Å². The molecule has 0 spiro atoms. The fourth-order valence-corrected chi connectivity index (χ4v) is 0.738. The lowest BCUT2D eigenvalue weighted by molar-refractivity contribution is -0.117. The summed E-state index contributed by atoms with van der Waals surface area (Å²) in [5.74, 6) is -0.353. The third kappa shape index (κ3) is 5.82. The van der Waals surface area contributed by atoms with Crippen LogP contribution in [0, 0.1) is 0 Å². The summed E-state index contributed by atoms with van der Waals surface area (Å²) in [6, 6.07) is 0. The first kappa shape index (κ1) is 10.4. The van der Waals surface area contributed by atoms with Gasteiger partial charge in [-0.2, -0.15) is 0 Å². The number of amides is 1. The Kier molecular flexibility index (Phi) is 4.07. The third-order valence-electron chi connectivity index (χ3n) is 1.25. The summed E-state index contributed by atoms with van der Waals surface area (Å²) in [5.41, 5.74) is 4.76. The van der Waals surface area contributed by atoms with E-state index in [0.717, 1.165) is 0 Å². The highest BCUT2D eigenvalue weighted by Gasteiger charge is 2.16. The standard InChI is InChI=1S/C7H16N2O2/c1-7(2,5-11-3)9-4-6(8)10/h9H,4-5H2,1-3H3,(H2,8,10). The van der Waals surface area contributed by atoms with Gasteiger partial charge in [0.25, 0.3) is 0 Å². The molecule has 0 fully saturated rings. The Hall–Kier alpha value is -0.610. The van der Waals surface area contributed by atoms with Crippen molar-refractivity contribution in [2.45, 2.75) is 19.4 Å². The van der Waals surface area contributed by atoms with Crippen molar-refractivity contribution in [2.24, 2.45) is 5.73 Å². The molecule has 0 aliphatic heterocycles. The minimum atomic E-state index is -0.353. The van der Waals surface area contributed by atoms with Gasteiger partial charge in [0.1, 0.15) is 0 Å². The predicted octanol–water partition coefficient (Wildman–Crippen LogP) is -0.514. The molecular formula is C7H16N2O2. The lowest BCUT2D eigenvalue weighted by atomic mass is 10.1. The van der Waals surface area contributed by atoms with Crippen molar-refractivity contribution in [1.82, 2.24) is 5.32 Å². The van der Waals surface area contributed by atoms with E-state index in [4.69, 9.17) is 10.5 Å². The Bertz CT molecular complexity index is 134. The van der Waals surface area contributed by atoms with Crippen molar-refractivity contribution in [3.63, 3.8) is 0 Å². The van der Waals surface area contributed by atoms with Gasteiger partial charge < -0.3 is 15.8 Å². The largest absolute Gasteiger partial charge is 0.383 e. The van der Waals surface area contributed by atoms with Crippen LogP contribution in [0.4, 0.5) is 0 Å². The number of carbonyl (C=O) groups is 1. The Balaban J connectivity index is 3.63. The van der Waals surface area contributed by atoms with E-state index in [0.29, 0.717) is 6.61 Å². The number of nitrogens with two attached hydrogens (primary N) is 1. The molecule has 0 aromatic carbocycles. The third-order valence-corrected chi connectivity index (χ3v) is 1.25. The molecule has 11 heavy (non-hydrogen) atoms. The zero-order valence-electron chi connectivity index (χ0n) is 7.31. The topological polar surface area (TPSA) is 64.3 Å². The van der Waals surface area contributed by atoms with E-state index in [2.05, 4.69) is 5.32 Å². The van der Waals surface area contributed by atoms with Gasteiger partial charge in [-0.3, -0.25) is 4.79 Å². The number of hydrogen-bond acceptors (Lipinski definition) is 3. The molecule has 1 amide bonds. The first-order chi connectivity index (χ1) is 4.98. The van der Waals surface area contributed by atoms with E-state index in [1.54, 1.807) is 7.11 Å². The number of primary amides is 1. The first-order valence-electron chi connectivity index (χ1n) is 3.50. The van der Waals surface area contributed by atoms with Crippen molar-refractivity contribution >= 4 is 5.91 Å². The number of carbonyl (C=O) groups excluding carboxylic acids is 1. The minimum Gasteiger partial charge on any atom is -0.383 e. The van der Waals surface area contributed by atoms with E-state index in [1.165, 1.54) is 0 Å². The van der Waals surface area contributed by atoms with E-state index in [9.17, 15) is 4.79 Å². The Morgan fingerprint density at radius 2 is 2.18 bits per heavy atom. The Morgan fingerprint density at radius 1 is 1.64 bits per heavy atom. The maximum atomic E-state index is 10.4. The van der Waals surface area contributed by atoms with Gasteiger partial charge in [0.2, 0.25) is 5.91 Å². The molecule has 0 saturated heterocycles. The van der Waals surface area contributed by atoms with Gasteiger partial charge in [-0.25, -0.2) is 0 Å². The number of rotatable bonds is 5. The Morgan fingerprint density at radius 3 is 2.55 bits per heavy atom. The van der Waals surface area contributed by atoms with Crippen LogP contribution in [0.15, 0.2) is 0 Å². The second kappa shape index (κ2) is 4.31. The van der Waals surface area contributed by atoms with Gasteiger partial charge in [-0.05, 0) is 13.8 Å². The molecule has 4 nitrogen and oxygen atoms in total. The average molecular weight is 160 g/mol. The van der Waals surface area contributed by atoms with Crippen LogP contribution in [0.25, 0.3) is 0 Å². The molecule has 0 atom stereocenters. The predicted molar refractivity (Wildman–Crippen MR) is 43.2 cm³/mol. The van der Waals surface area contributed by atoms with Crippen LogP contribution >= 0.6 is 0 Å². The van der Waals surface area contributed by atoms with Gasteiger partial charge in [-0.1, -0.05) is 0 Å². The van der Waals surface area contributed by atoms with Crippen LogP contribution in [-0.4, -0.2) is 31.7 Å². The monoisotopic (exact) mass is 160 g/mol. The first-order valence-corrected chi connectivity index (χ1v) is 3.50. The summed E-state index contributed by atoms with van der Waals surface area (Å²) < 4.78 is 4.92. The number of methoxy groups -OCH3 is 1. The second-order valence-electron chi connectivity index (χ2n) is 3.14. The molecule has 3 N–H and O–H groups in total. The van der Waals surface area contributed by atoms with Crippen molar-refractivity contribution in [1.29, 1.82) is 0 Å². The quantitative estimate of drug-likeness (QED) is 0.569. The lowest BCUT2D eigenvalue weighted by Gasteiger charge is -2.24. The zero-order chi connectivity index (χ0) is 8.91. The molecule has 4 heteroatoms. The fraction of sp³-hybridized carbons (Fsp3) is 0.857. The Labute approximate surface area is 67.1 Å². The maximum Gasteiger partial charge on any atom is 0.231 e. The van der Waals surface area contributed by atoms with Crippen molar-refractivity contribution < 1.29 is 9.53 Å². The van der Waals surface area contributed by atoms with Crippen LogP contribution in [0.3, 0.4) is 0 Å². The van der Waals surface area contributed by atoms with Crippen LogP contribution in [0.2, 0.25) is 0 Å². The number of ether oxygens (including phenoxy) is 1. The van der Waals surface area contributed by atoms with Crippen LogP contribution in [0.5, 0.6) is 0 Å². The van der Waals surface area contributed by atoms with Crippen LogP contribution < -0.4 is 11.1 Å². The van der Waals surface area contributed by atoms with Gasteiger partial charge >= 0.3 is 0 Å². The normalized spacial score (nSPS) is 11.5. The summed E-state index contributed by atoms with van der Waals surface area (Å²) in [7, 11) is 1.62. The molecule has 0 heterocycles. The van der Waals surface area contributed by atoms with Crippen molar-refractivity contribution in [2.75, 3.05) is 20.3 Å². The van der Waals surface area contributed by atoms with Crippen LogP contribution in [0.1, 0.15) is 13.8 Å². The molecule has 0 aromatic rings.